The van der Waals surface area contributed by atoms with Gasteiger partial charge in [0.1, 0.15) is 21.6 Å². The number of hydrogen-bond donors (Lipinski definition) is 7. The van der Waals surface area contributed by atoms with E-state index in [1.165, 1.54) is 13.0 Å². The molecule has 0 heterocycles. The number of carbonyl (C=O) groups excluding carboxylic acids is 2. The molecule has 2 amide bonds. The molecule has 17 nitrogen and oxygen atoms in total. The molecule has 4 rings (SSSR count). The standard InChI is InChI=1S/C26H27N3O14S4/c1-13(2)25(31)27-8-3-9-28-26(32)18(12-44-43-42-33)29-45(34,35)20-10-19(30)14-4-5-16-21(46(36,37)38)11-22(47(39,40)41)17-7-6-15(20)23(14)24(16)17/h4-7,10-11,18,29-30,33H,1,3,8-9,12H2,2H3,(H,27,31)(H,28,32)(H,36,37,38)(H,39,40,41). The van der Waals surface area contributed by atoms with Crippen LogP contribution in [0.4, 0.5) is 0 Å². The van der Waals surface area contributed by atoms with Crippen molar-refractivity contribution in [1.82, 2.24) is 15.4 Å². The summed E-state index contributed by atoms with van der Waals surface area (Å²) < 4.78 is 103. The zero-order chi connectivity index (χ0) is 34.9. The molecule has 254 valence electrons. The average molecular weight is 734 g/mol. The number of nitrogens with one attached hydrogen (secondary N) is 3. The zero-order valence-electron chi connectivity index (χ0n) is 24.1. The average Bonchev–Trinajstić information content (AvgIpc) is 2.98. The maximum absolute atomic E-state index is 13.8. The molecule has 0 spiro atoms. The van der Waals surface area contributed by atoms with E-state index in [-0.39, 0.29) is 63.3 Å². The number of phenols is 1. The Morgan fingerprint density at radius 2 is 1.36 bits per heavy atom. The topological polar surface area (TPSA) is 272 Å². The Kier molecular flexibility index (Phi) is 10.7. The lowest BCUT2D eigenvalue weighted by atomic mass is 9.94. The normalized spacial score (nSPS) is 13.3. The van der Waals surface area contributed by atoms with Crippen LogP contribution in [0.5, 0.6) is 5.75 Å². The number of phenolic OH excluding ortho intramolecular Hbond substituents is 1. The van der Waals surface area contributed by atoms with E-state index in [4.69, 9.17) is 5.26 Å². The number of carbonyl (C=O) groups is 2. The first-order valence-electron chi connectivity index (χ1n) is 13.1. The molecule has 0 aliphatic rings. The van der Waals surface area contributed by atoms with Crippen molar-refractivity contribution in [3.8, 4) is 5.75 Å². The molecule has 0 bridgehead atoms. The monoisotopic (exact) mass is 733 g/mol. The lowest BCUT2D eigenvalue weighted by Crippen LogP contribution is -2.48. The number of amides is 2. The second-order valence-corrected chi connectivity index (χ2v) is 15.2. The van der Waals surface area contributed by atoms with Crippen LogP contribution in [-0.2, 0) is 49.2 Å². The van der Waals surface area contributed by atoms with Crippen LogP contribution in [0.2, 0.25) is 0 Å². The quantitative estimate of drug-likeness (QED) is 0.0174. The molecular formula is C26H27N3O14S4. The Bertz CT molecular complexity index is 2170. The first-order chi connectivity index (χ1) is 21.9. The van der Waals surface area contributed by atoms with E-state index in [0.717, 1.165) is 24.3 Å². The van der Waals surface area contributed by atoms with E-state index >= 15 is 0 Å². The van der Waals surface area contributed by atoms with E-state index in [2.05, 4.69) is 31.3 Å². The SMILES string of the molecule is C=C(C)C(=O)NCCCNC(=O)C(CSOOO)NS(=O)(=O)c1cc(O)c2ccc3c(S(=O)(=O)O)cc(S(=O)(=O)O)c4ccc1c2c34. The number of rotatable bonds is 15. The van der Waals surface area contributed by atoms with Crippen molar-refractivity contribution < 1.29 is 63.7 Å². The maximum Gasteiger partial charge on any atom is 0.295 e. The van der Waals surface area contributed by atoms with Crippen LogP contribution < -0.4 is 15.4 Å². The number of hydrogen-bond acceptors (Lipinski definition) is 13. The van der Waals surface area contributed by atoms with E-state index in [0.29, 0.717) is 18.1 Å². The maximum atomic E-state index is 13.8. The fourth-order valence-electron chi connectivity index (χ4n) is 4.84. The molecule has 1 unspecified atom stereocenters. The minimum atomic E-state index is -5.10. The first kappa shape index (κ1) is 36.2. The minimum Gasteiger partial charge on any atom is -0.507 e. The number of sulfonamides is 1. The molecule has 0 aromatic heterocycles. The van der Waals surface area contributed by atoms with Crippen LogP contribution in [-0.4, -0.2) is 81.4 Å². The highest BCUT2D eigenvalue weighted by molar-refractivity contribution is 7.94. The van der Waals surface area contributed by atoms with Crippen molar-refractivity contribution in [3.05, 3.63) is 48.6 Å². The summed E-state index contributed by atoms with van der Waals surface area (Å²) in [6, 6.07) is 4.49. The van der Waals surface area contributed by atoms with Crippen molar-refractivity contribution in [3.63, 3.8) is 0 Å². The largest absolute Gasteiger partial charge is 0.507 e. The molecule has 47 heavy (non-hydrogen) atoms. The predicted molar refractivity (Wildman–Crippen MR) is 168 cm³/mol. The second kappa shape index (κ2) is 13.8. The van der Waals surface area contributed by atoms with Gasteiger partial charge in [-0.25, -0.2) is 13.7 Å². The van der Waals surface area contributed by atoms with Crippen molar-refractivity contribution in [2.75, 3.05) is 18.8 Å². The summed E-state index contributed by atoms with van der Waals surface area (Å²) in [5.74, 6) is -2.33. The van der Waals surface area contributed by atoms with Gasteiger partial charge in [-0.05, 0) is 25.5 Å². The van der Waals surface area contributed by atoms with Gasteiger partial charge in [-0.15, -0.1) is 4.33 Å². The molecule has 0 radical (unpaired) electrons. The second-order valence-electron chi connectivity index (χ2n) is 10.1. The Balaban J connectivity index is 1.80. The van der Waals surface area contributed by atoms with Crippen LogP contribution in [0.25, 0.3) is 32.3 Å². The van der Waals surface area contributed by atoms with Crippen molar-refractivity contribution >= 4 is 86.4 Å². The van der Waals surface area contributed by atoms with Gasteiger partial charge in [0.05, 0.1) is 4.90 Å². The molecule has 0 saturated heterocycles. The van der Waals surface area contributed by atoms with Gasteiger partial charge in [0.15, 0.2) is 0 Å². The molecule has 21 heteroatoms. The smallest absolute Gasteiger partial charge is 0.295 e. The van der Waals surface area contributed by atoms with Gasteiger partial charge in [-0.3, -0.25) is 18.7 Å². The summed E-state index contributed by atoms with van der Waals surface area (Å²) in [4.78, 5) is 22.2. The summed E-state index contributed by atoms with van der Waals surface area (Å²) in [6.45, 7) is 5.18. The van der Waals surface area contributed by atoms with Gasteiger partial charge in [0.2, 0.25) is 21.8 Å². The lowest BCUT2D eigenvalue weighted by Gasteiger charge is -2.20. The minimum absolute atomic E-state index is 0.00126. The van der Waals surface area contributed by atoms with Crippen LogP contribution in [0.15, 0.2) is 63.2 Å². The first-order valence-corrected chi connectivity index (χ1v) is 18.4. The van der Waals surface area contributed by atoms with E-state index in [1.807, 2.05) is 0 Å². The molecular weight excluding hydrogens is 707 g/mol. The highest BCUT2D eigenvalue weighted by Gasteiger charge is 2.31. The van der Waals surface area contributed by atoms with Crippen LogP contribution >= 0.6 is 12.0 Å². The third-order valence-electron chi connectivity index (χ3n) is 6.86. The summed E-state index contributed by atoms with van der Waals surface area (Å²) >= 11 is 0.360. The highest BCUT2D eigenvalue weighted by Crippen LogP contribution is 2.44. The van der Waals surface area contributed by atoms with Crippen molar-refractivity contribution in [2.45, 2.75) is 34.1 Å². The zero-order valence-corrected chi connectivity index (χ0v) is 27.3. The molecule has 4 aromatic carbocycles. The Morgan fingerprint density at radius 3 is 1.89 bits per heavy atom. The molecule has 0 aliphatic carbocycles. The fourth-order valence-corrected chi connectivity index (χ4v) is 8.33. The Labute approximate surface area is 271 Å². The van der Waals surface area contributed by atoms with E-state index in [1.54, 1.807) is 0 Å². The summed E-state index contributed by atoms with van der Waals surface area (Å²) in [5.41, 5.74) is 0.280. The summed E-state index contributed by atoms with van der Waals surface area (Å²) in [7, 11) is -15.0. The van der Waals surface area contributed by atoms with Crippen molar-refractivity contribution in [2.24, 2.45) is 0 Å². The van der Waals surface area contributed by atoms with Crippen LogP contribution in [0.3, 0.4) is 0 Å². The molecule has 0 aliphatic heterocycles. The van der Waals surface area contributed by atoms with Gasteiger partial charge >= 0.3 is 0 Å². The predicted octanol–water partition coefficient (Wildman–Crippen LogP) is 1.70. The van der Waals surface area contributed by atoms with Gasteiger partial charge < -0.3 is 15.7 Å². The molecule has 0 saturated carbocycles. The number of benzene rings is 4. The lowest BCUT2D eigenvalue weighted by molar-refractivity contribution is -0.432. The van der Waals surface area contributed by atoms with Gasteiger partial charge in [-0.1, -0.05) is 29.8 Å². The summed E-state index contributed by atoms with van der Waals surface area (Å²) in [5, 5.41) is 26.9. The molecule has 4 aromatic rings. The Morgan fingerprint density at radius 1 is 0.851 bits per heavy atom. The van der Waals surface area contributed by atoms with E-state index < -0.39 is 68.4 Å². The van der Waals surface area contributed by atoms with Crippen LogP contribution in [0, 0.1) is 0 Å². The van der Waals surface area contributed by atoms with Gasteiger partial charge in [0, 0.05) is 74.8 Å². The molecule has 1 atom stereocenters. The third kappa shape index (κ3) is 7.75. The van der Waals surface area contributed by atoms with Gasteiger partial charge in [-0.2, -0.15) is 21.6 Å². The number of aromatic hydroxyl groups is 1. The molecule has 7 N–H and O–H groups in total. The summed E-state index contributed by atoms with van der Waals surface area (Å²) in [6.07, 6.45) is 0.258. The molecule has 0 fully saturated rings. The van der Waals surface area contributed by atoms with Crippen LogP contribution in [0.1, 0.15) is 13.3 Å². The van der Waals surface area contributed by atoms with Gasteiger partial charge in [0.25, 0.3) is 20.2 Å². The fraction of sp³-hybridized carbons (Fsp3) is 0.231. The van der Waals surface area contributed by atoms with Crippen molar-refractivity contribution in [1.29, 1.82) is 0 Å². The highest BCUT2D eigenvalue weighted by atomic mass is 32.2. The van der Waals surface area contributed by atoms with E-state index in [9.17, 15) is 49.1 Å². The third-order valence-corrected chi connectivity index (χ3v) is 10.8. The Hall–Kier alpha value is -3.64.